The summed E-state index contributed by atoms with van der Waals surface area (Å²) in [6, 6.07) is 6.86. The Bertz CT molecular complexity index is 904. The van der Waals surface area contributed by atoms with E-state index in [-0.39, 0.29) is 6.61 Å². The summed E-state index contributed by atoms with van der Waals surface area (Å²) in [5.41, 5.74) is 1.27. The van der Waals surface area contributed by atoms with Crippen LogP contribution in [0.5, 0.6) is 5.88 Å². The highest BCUT2D eigenvalue weighted by molar-refractivity contribution is 7.78. The average Bonchev–Trinajstić information content (AvgIpc) is 3.13. The summed E-state index contributed by atoms with van der Waals surface area (Å²) < 4.78 is 8.03. The Morgan fingerprint density at radius 3 is 2.91 bits per heavy atom. The van der Waals surface area contributed by atoms with Crippen LogP contribution in [0.2, 0.25) is 0 Å². The summed E-state index contributed by atoms with van der Waals surface area (Å²) in [6.45, 7) is 0.125. The van der Waals surface area contributed by atoms with Crippen molar-refractivity contribution in [3.63, 3.8) is 0 Å². The maximum Gasteiger partial charge on any atom is 0.365 e. The van der Waals surface area contributed by atoms with Gasteiger partial charge in [-0.15, -0.1) is 11.5 Å². The monoisotopic (exact) mass is 314 g/mol. The highest BCUT2D eigenvalue weighted by Crippen LogP contribution is 2.19. The molecular formula is C13H10N6O2S. The fourth-order valence-electron chi connectivity index (χ4n) is 1.94. The topological polar surface area (TPSA) is 90.6 Å². The third-order valence-electron chi connectivity index (χ3n) is 2.92. The van der Waals surface area contributed by atoms with E-state index in [0.29, 0.717) is 22.7 Å². The van der Waals surface area contributed by atoms with E-state index >= 15 is 0 Å². The van der Waals surface area contributed by atoms with Crippen LogP contribution in [0.15, 0.2) is 35.3 Å². The van der Waals surface area contributed by atoms with Crippen LogP contribution in [0.1, 0.15) is 11.1 Å². The van der Waals surface area contributed by atoms with Crippen LogP contribution < -0.4 is 10.4 Å². The summed E-state index contributed by atoms with van der Waals surface area (Å²) in [4.78, 5) is 11.7. The molecule has 0 aliphatic rings. The average molecular weight is 314 g/mol. The lowest BCUT2D eigenvalue weighted by Gasteiger charge is -2.10. The quantitative estimate of drug-likeness (QED) is 0.537. The van der Waals surface area contributed by atoms with Gasteiger partial charge in [0.1, 0.15) is 6.61 Å². The van der Waals surface area contributed by atoms with E-state index in [1.54, 1.807) is 30.5 Å². The van der Waals surface area contributed by atoms with E-state index in [1.165, 1.54) is 4.09 Å². The maximum atomic E-state index is 11.7. The minimum atomic E-state index is -0.463. The SMILES string of the molecule is C#Cc1cccc(-n2nn[nH]c2=O)c1COc1ccn(S)n1. The number of rotatable bonds is 4. The molecule has 0 unspecified atom stereocenters. The van der Waals surface area contributed by atoms with Crippen LogP contribution in [0.4, 0.5) is 0 Å². The van der Waals surface area contributed by atoms with Crippen LogP contribution >= 0.6 is 12.8 Å². The lowest BCUT2D eigenvalue weighted by molar-refractivity contribution is 0.292. The Kier molecular flexibility index (Phi) is 3.67. The number of benzene rings is 1. The molecule has 0 aliphatic carbocycles. The van der Waals surface area contributed by atoms with Gasteiger partial charge in [-0.3, -0.25) is 0 Å². The number of aromatic amines is 1. The normalized spacial score (nSPS) is 10.4. The molecule has 0 spiro atoms. The molecule has 2 aromatic heterocycles. The van der Waals surface area contributed by atoms with Gasteiger partial charge in [-0.1, -0.05) is 12.0 Å². The lowest BCUT2D eigenvalue weighted by Crippen LogP contribution is -2.18. The number of nitrogens with one attached hydrogen (secondary N) is 1. The first-order valence-electron chi connectivity index (χ1n) is 6.16. The maximum absolute atomic E-state index is 11.7. The number of tetrazole rings is 1. The lowest BCUT2D eigenvalue weighted by atomic mass is 10.1. The summed E-state index contributed by atoms with van der Waals surface area (Å²) in [7, 11) is 0. The molecule has 0 fully saturated rings. The molecule has 0 bridgehead atoms. The number of terminal acetylenes is 1. The van der Waals surface area contributed by atoms with Gasteiger partial charge in [0.15, 0.2) is 0 Å². The molecule has 9 heteroatoms. The molecule has 0 aliphatic heterocycles. The van der Waals surface area contributed by atoms with Gasteiger partial charge in [0.25, 0.3) is 0 Å². The molecule has 0 atom stereocenters. The minimum absolute atomic E-state index is 0.125. The number of ether oxygens (including phenoxy) is 1. The van der Waals surface area contributed by atoms with Crippen molar-refractivity contribution in [2.45, 2.75) is 6.61 Å². The first-order valence-corrected chi connectivity index (χ1v) is 6.56. The van der Waals surface area contributed by atoms with Gasteiger partial charge < -0.3 is 4.74 Å². The highest BCUT2D eigenvalue weighted by Gasteiger charge is 2.13. The van der Waals surface area contributed by atoms with Crippen molar-refractivity contribution in [3.8, 4) is 23.9 Å². The number of H-pyrrole nitrogens is 1. The van der Waals surface area contributed by atoms with E-state index in [9.17, 15) is 4.79 Å². The van der Waals surface area contributed by atoms with Crippen molar-refractivity contribution in [2.24, 2.45) is 0 Å². The molecular weight excluding hydrogens is 304 g/mol. The van der Waals surface area contributed by atoms with E-state index in [0.717, 1.165) is 4.68 Å². The van der Waals surface area contributed by atoms with Crippen molar-refractivity contribution >= 4 is 12.8 Å². The molecule has 3 aromatic rings. The second-order valence-electron chi connectivity index (χ2n) is 4.23. The second kappa shape index (κ2) is 5.79. The van der Waals surface area contributed by atoms with Gasteiger partial charge >= 0.3 is 5.69 Å². The van der Waals surface area contributed by atoms with Crippen LogP contribution in [-0.2, 0) is 6.61 Å². The Morgan fingerprint density at radius 2 is 2.27 bits per heavy atom. The van der Waals surface area contributed by atoms with Crippen molar-refractivity contribution in [1.29, 1.82) is 0 Å². The standard InChI is InChI=1S/C13H10N6O2S/c1-2-9-4-3-5-11(19-13(20)14-16-17-19)10(9)8-21-12-6-7-18(22)15-12/h1,3-7,22H,8H2,(H,14,17,20). The van der Waals surface area contributed by atoms with E-state index in [2.05, 4.69) is 39.4 Å². The largest absolute Gasteiger partial charge is 0.472 e. The molecule has 0 saturated heterocycles. The van der Waals surface area contributed by atoms with Crippen LogP contribution in [0, 0.1) is 12.3 Å². The van der Waals surface area contributed by atoms with Gasteiger partial charge in [-0.05, 0) is 35.4 Å². The Labute approximate surface area is 130 Å². The molecule has 3 rings (SSSR count). The van der Waals surface area contributed by atoms with Crippen LogP contribution in [0.25, 0.3) is 5.69 Å². The molecule has 2 heterocycles. The van der Waals surface area contributed by atoms with E-state index < -0.39 is 5.69 Å². The second-order valence-corrected chi connectivity index (χ2v) is 4.64. The van der Waals surface area contributed by atoms with Gasteiger partial charge in [0.05, 0.1) is 5.69 Å². The third kappa shape index (κ3) is 2.59. The predicted molar refractivity (Wildman–Crippen MR) is 80.9 cm³/mol. The zero-order valence-corrected chi connectivity index (χ0v) is 12.1. The van der Waals surface area contributed by atoms with Gasteiger partial charge in [-0.2, -0.15) is 4.68 Å². The van der Waals surface area contributed by atoms with Crippen molar-refractivity contribution < 1.29 is 4.74 Å². The third-order valence-corrected chi connectivity index (χ3v) is 3.15. The number of hydrogen-bond acceptors (Lipinski definition) is 6. The number of nitrogens with zero attached hydrogens (tertiary/aromatic N) is 5. The zero-order valence-electron chi connectivity index (χ0n) is 11.2. The Morgan fingerprint density at radius 1 is 1.41 bits per heavy atom. The molecule has 110 valence electrons. The Hall–Kier alpha value is -2.99. The van der Waals surface area contributed by atoms with E-state index in [4.69, 9.17) is 11.2 Å². The number of thiol groups is 1. The molecule has 1 N–H and O–H groups in total. The molecule has 0 amide bonds. The fourth-order valence-corrected chi connectivity index (χ4v) is 2.09. The van der Waals surface area contributed by atoms with Gasteiger partial charge in [-0.25, -0.2) is 14.0 Å². The highest BCUT2D eigenvalue weighted by atomic mass is 32.1. The summed E-state index contributed by atoms with van der Waals surface area (Å²) in [5, 5.41) is 13.4. The smallest absolute Gasteiger partial charge is 0.365 e. The van der Waals surface area contributed by atoms with Crippen molar-refractivity contribution in [1.82, 2.24) is 29.4 Å². The molecule has 1 aromatic carbocycles. The first-order chi connectivity index (χ1) is 10.7. The molecule has 22 heavy (non-hydrogen) atoms. The van der Waals surface area contributed by atoms with E-state index in [1.807, 2.05) is 0 Å². The minimum Gasteiger partial charge on any atom is -0.472 e. The molecule has 8 nitrogen and oxygen atoms in total. The predicted octanol–water partition coefficient (Wildman–Crippen LogP) is 0.405. The van der Waals surface area contributed by atoms with Crippen molar-refractivity contribution in [3.05, 3.63) is 52.1 Å². The fraction of sp³-hybridized carbons (Fsp3) is 0.0769. The van der Waals surface area contributed by atoms with Gasteiger partial charge in [0.2, 0.25) is 5.88 Å². The summed E-state index contributed by atoms with van der Waals surface area (Å²) >= 11 is 4.03. The summed E-state index contributed by atoms with van der Waals surface area (Å²) in [5.74, 6) is 2.95. The first kappa shape index (κ1) is 14.0. The summed E-state index contributed by atoms with van der Waals surface area (Å²) in [6.07, 6.45) is 7.15. The van der Waals surface area contributed by atoms with Crippen LogP contribution in [0.3, 0.4) is 0 Å². The zero-order chi connectivity index (χ0) is 15.5. The van der Waals surface area contributed by atoms with Crippen LogP contribution in [-0.4, -0.2) is 29.4 Å². The molecule has 0 saturated carbocycles. The van der Waals surface area contributed by atoms with Gasteiger partial charge in [0, 0.05) is 23.4 Å². The number of aromatic nitrogens is 6. The number of hydrogen-bond donors (Lipinski definition) is 2. The molecule has 0 radical (unpaired) electrons. The van der Waals surface area contributed by atoms with Crippen molar-refractivity contribution in [2.75, 3.05) is 0 Å². The Balaban J connectivity index is 2.00.